The maximum atomic E-state index is 11.8. The number of hydrogen-bond donors (Lipinski definition) is 1. The molecule has 2 fully saturated rings. The van der Waals surface area contributed by atoms with Crippen LogP contribution in [0.3, 0.4) is 0 Å². The third-order valence-corrected chi connectivity index (χ3v) is 5.92. The molecule has 1 atom stereocenters. The normalized spacial score (nSPS) is 23.4. The number of carboxylic acid groups (broad SMARTS) is 1. The third kappa shape index (κ3) is 2.67. The van der Waals surface area contributed by atoms with E-state index in [-0.39, 0.29) is 6.10 Å². The summed E-state index contributed by atoms with van der Waals surface area (Å²) >= 11 is 1.89. The van der Waals surface area contributed by atoms with Crippen molar-refractivity contribution in [3.63, 3.8) is 0 Å². The number of para-hydroxylation sites is 1. The maximum Gasteiger partial charge on any atom is 0.314 e. The minimum Gasteiger partial charge on any atom is -0.493 e. The summed E-state index contributed by atoms with van der Waals surface area (Å²) in [6, 6.07) is 5.60. The van der Waals surface area contributed by atoms with Crippen LogP contribution in [0.4, 0.5) is 0 Å². The standard InChI is InChI=1S/C17H22O4S/c1-20-14-7-2-6-13(17(16(18)19)8-4-9-17)15(14)21-12-5-3-10-22-11-12/h2,6-7,12H,3-5,8-11H2,1H3,(H,18,19). The van der Waals surface area contributed by atoms with Crippen molar-refractivity contribution in [2.24, 2.45) is 0 Å². The van der Waals surface area contributed by atoms with Gasteiger partial charge >= 0.3 is 5.97 Å². The second-order valence-electron chi connectivity index (χ2n) is 6.03. The molecule has 2 aliphatic rings. The molecule has 0 aromatic heterocycles. The van der Waals surface area contributed by atoms with Gasteiger partial charge in [-0.2, -0.15) is 11.8 Å². The highest BCUT2D eigenvalue weighted by Gasteiger charge is 2.48. The molecule has 1 aromatic rings. The molecule has 1 heterocycles. The Kier molecular flexibility index (Phi) is 4.52. The third-order valence-electron chi connectivity index (χ3n) is 4.73. The van der Waals surface area contributed by atoms with Gasteiger partial charge in [-0.15, -0.1) is 0 Å². The fourth-order valence-electron chi connectivity index (χ4n) is 3.27. The lowest BCUT2D eigenvalue weighted by molar-refractivity contribution is -0.147. The summed E-state index contributed by atoms with van der Waals surface area (Å²) in [4.78, 5) is 11.8. The topological polar surface area (TPSA) is 55.8 Å². The van der Waals surface area contributed by atoms with Gasteiger partial charge < -0.3 is 14.6 Å². The first-order valence-corrected chi connectivity index (χ1v) is 8.98. The number of aliphatic carboxylic acids is 1. The van der Waals surface area contributed by atoms with Crippen molar-refractivity contribution >= 4 is 17.7 Å². The Hall–Kier alpha value is -1.36. The van der Waals surface area contributed by atoms with Crippen molar-refractivity contribution in [1.29, 1.82) is 0 Å². The molecule has 4 nitrogen and oxygen atoms in total. The summed E-state index contributed by atoms with van der Waals surface area (Å²) < 4.78 is 11.7. The molecule has 1 saturated carbocycles. The minimum atomic E-state index is -0.800. The smallest absolute Gasteiger partial charge is 0.314 e. The van der Waals surface area contributed by atoms with Crippen LogP contribution in [0.1, 0.15) is 37.7 Å². The van der Waals surface area contributed by atoms with E-state index >= 15 is 0 Å². The van der Waals surface area contributed by atoms with Crippen molar-refractivity contribution in [3.8, 4) is 11.5 Å². The number of ether oxygens (including phenoxy) is 2. The Labute approximate surface area is 135 Å². The molecule has 5 heteroatoms. The molecular weight excluding hydrogens is 300 g/mol. The van der Waals surface area contributed by atoms with Gasteiger partial charge in [0, 0.05) is 11.3 Å². The van der Waals surface area contributed by atoms with Crippen LogP contribution in [-0.2, 0) is 10.2 Å². The van der Waals surface area contributed by atoms with E-state index in [4.69, 9.17) is 9.47 Å². The van der Waals surface area contributed by atoms with Gasteiger partial charge in [-0.25, -0.2) is 0 Å². The van der Waals surface area contributed by atoms with Gasteiger partial charge in [0.1, 0.15) is 6.10 Å². The van der Waals surface area contributed by atoms with Crippen LogP contribution >= 0.6 is 11.8 Å². The van der Waals surface area contributed by atoms with E-state index in [0.717, 1.165) is 30.6 Å². The summed E-state index contributed by atoms with van der Waals surface area (Å²) in [5.41, 5.74) is -0.0211. The van der Waals surface area contributed by atoms with Crippen LogP contribution in [0.2, 0.25) is 0 Å². The fourth-order valence-corrected chi connectivity index (χ4v) is 4.31. The highest BCUT2D eigenvalue weighted by Crippen LogP contribution is 2.50. The lowest BCUT2D eigenvalue weighted by Crippen LogP contribution is -2.43. The van der Waals surface area contributed by atoms with Gasteiger partial charge in [0.05, 0.1) is 12.5 Å². The highest BCUT2D eigenvalue weighted by molar-refractivity contribution is 7.99. The van der Waals surface area contributed by atoms with Crippen molar-refractivity contribution in [2.45, 2.75) is 43.6 Å². The van der Waals surface area contributed by atoms with E-state index in [1.807, 2.05) is 30.0 Å². The molecule has 0 radical (unpaired) electrons. The summed E-state index contributed by atoms with van der Waals surface area (Å²) in [5, 5.41) is 9.73. The van der Waals surface area contributed by atoms with Gasteiger partial charge in [0.25, 0.3) is 0 Å². The van der Waals surface area contributed by atoms with Crippen molar-refractivity contribution in [2.75, 3.05) is 18.6 Å². The lowest BCUT2D eigenvalue weighted by atomic mass is 9.64. The number of methoxy groups -OCH3 is 1. The van der Waals surface area contributed by atoms with Crippen LogP contribution in [0.15, 0.2) is 18.2 Å². The van der Waals surface area contributed by atoms with E-state index in [1.165, 1.54) is 5.75 Å². The molecule has 0 amide bonds. The Balaban J connectivity index is 1.97. The molecule has 1 aromatic carbocycles. The summed E-state index contributed by atoms with van der Waals surface area (Å²) in [6.45, 7) is 0. The summed E-state index contributed by atoms with van der Waals surface area (Å²) in [6.07, 6.45) is 4.59. The van der Waals surface area contributed by atoms with E-state index in [0.29, 0.717) is 24.3 Å². The van der Waals surface area contributed by atoms with Gasteiger partial charge in [-0.05, 0) is 37.5 Å². The van der Waals surface area contributed by atoms with Crippen molar-refractivity contribution in [3.05, 3.63) is 23.8 Å². The molecule has 1 aliphatic heterocycles. The first-order valence-electron chi connectivity index (χ1n) is 7.82. The van der Waals surface area contributed by atoms with Crippen LogP contribution in [0.25, 0.3) is 0 Å². The first kappa shape index (κ1) is 15.5. The average Bonchev–Trinajstić information content (AvgIpc) is 2.48. The number of thioether (sulfide) groups is 1. The van der Waals surface area contributed by atoms with Gasteiger partial charge in [-0.3, -0.25) is 4.79 Å². The predicted octanol–water partition coefficient (Wildman–Crippen LogP) is 3.48. The number of hydrogen-bond acceptors (Lipinski definition) is 4. The molecule has 1 saturated heterocycles. The lowest BCUT2D eigenvalue weighted by Gasteiger charge is -2.39. The summed E-state index contributed by atoms with van der Waals surface area (Å²) in [7, 11) is 1.61. The van der Waals surface area contributed by atoms with Crippen LogP contribution in [-0.4, -0.2) is 35.8 Å². The van der Waals surface area contributed by atoms with E-state index in [9.17, 15) is 9.90 Å². The molecule has 0 spiro atoms. The summed E-state index contributed by atoms with van der Waals surface area (Å²) in [5.74, 6) is 2.66. The Morgan fingerprint density at radius 3 is 2.73 bits per heavy atom. The molecule has 1 unspecified atom stereocenters. The van der Waals surface area contributed by atoms with E-state index in [1.54, 1.807) is 7.11 Å². The second kappa shape index (κ2) is 6.41. The molecule has 1 aliphatic carbocycles. The van der Waals surface area contributed by atoms with E-state index < -0.39 is 11.4 Å². The number of carbonyl (C=O) groups is 1. The molecule has 3 rings (SSSR count). The van der Waals surface area contributed by atoms with Crippen LogP contribution in [0, 0.1) is 0 Å². The van der Waals surface area contributed by atoms with Crippen molar-refractivity contribution < 1.29 is 19.4 Å². The number of rotatable bonds is 5. The highest BCUT2D eigenvalue weighted by atomic mass is 32.2. The van der Waals surface area contributed by atoms with Gasteiger partial charge in [0.2, 0.25) is 0 Å². The monoisotopic (exact) mass is 322 g/mol. The number of benzene rings is 1. The molecule has 0 bridgehead atoms. The fraction of sp³-hybridized carbons (Fsp3) is 0.588. The molecule has 22 heavy (non-hydrogen) atoms. The SMILES string of the molecule is COc1cccc(C2(C(=O)O)CCC2)c1OC1CCCSC1. The zero-order valence-corrected chi connectivity index (χ0v) is 13.7. The Morgan fingerprint density at radius 1 is 1.36 bits per heavy atom. The van der Waals surface area contributed by atoms with E-state index in [2.05, 4.69) is 0 Å². The molecule has 120 valence electrons. The van der Waals surface area contributed by atoms with Crippen LogP contribution < -0.4 is 9.47 Å². The Morgan fingerprint density at radius 2 is 2.18 bits per heavy atom. The maximum absolute atomic E-state index is 11.8. The Bertz CT molecular complexity index is 548. The minimum absolute atomic E-state index is 0.139. The largest absolute Gasteiger partial charge is 0.493 e. The zero-order chi connectivity index (χ0) is 15.6. The molecular formula is C17H22O4S. The van der Waals surface area contributed by atoms with Crippen molar-refractivity contribution in [1.82, 2.24) is 0 Å². The predicted molar refractivity (Wildman–Crippen MR) is 87.1 cm³/mol. The van der Waals surface area contributed by atoms with Gasteiger partial charge in [0.15, 0.2) is 11.5 Å². The number of carboxylic acids is 1. The molecule has 1 N–H and O–H groups in total. The first-order chi connectivity index (χ1) is 10.7. The van der Waals surface area contributed by atoms with Crippen LogP contribution in [0.5, 0.6) is 11.5 Å². The average molecular weight is 322 g/mol. The van der Waals surface area contributed by atoms with Gasteiger partial charge in [-0.1, -0.05) is 18.6 Å². The quantitative estimate of drug-likeness (QED) is 0.899. The zero-order valence-electron chi connectivity index (χ0n) is 12.8. The second-order valence-corrected chi connectivity index (χ2v) is 7.18.